The highest BCUT2D eigenvalue weighted by Crippen LogP contribution is 2.18. The zero-order valence-corrected chi connectivity index (χ0v) is 9.61. The van der Waals surface area contributed by atoms with E-state index >= 15 is 0 Å². The number of amides is 1. The van der Waals surface area contributed by atoms with Crippen LogP contribution in [-0.2, 0) is 0 Å². The minimum atomic E-state index is -0.289. The highest BCUT2D eigenvalue weighted by molar-refractivity contribution is 6.07. The molecule has 4 N–H and O–H groups in total. The third kappa shape index (κ3) is 2.10. The fourth-order valence-electron chi connectivity index (χ4n) is 1.51. The zero-order valence-electron chi connectivity index (χ0n) is 9.61. The molecule has 0 saturated carbocycles. The van der Waals surface area contributed by atoms with Crippen LogP contribution in [0.1, 0.15) is 21.7 Å². The van der Waals surface area contributed by atoms with Crippen LogP contribution in [0, 0.1) is 13.8 Å². The van der Waals surface area contributed by atoms with E-state index in [0.717, 1.165) is 11.4 Å². The Morgan fingerprint density at radius 1 is 1.47 bits per heavy atom. The fourth-order valence-corrected chi connectivity index (χ4v) is 1.51. The molecular formula is C11H13N5O. The molecule has 0 bridgehead atoms. The summed E-state index contributed by atoms with van der Waals surface area (Å²) in [6.07, 6.45) is 2.98. The molecule has 0 atom stereocenters. The number of anilines is 2. The van der Waals surface area contributed by atoms with Crippen LogP contribution in [0.5, 0.6) is 0 Å². The predicted molar refractivity (Wildman–Crippen MR) is 64.7 cm³/mol. The average molecular weight is 231 g/mol. The van der Waals surface area contributed by atoms with Crippen LogP contribution >= 0.6 is 0 Å². The third-order valence-electron chi connectivity index (χ3n) is 2.47. The summed E-state index contributed by atoms with van der Waals surface area (Å²) in [6, 6.07) is 1.59. The molecule has 0 fully saturated rings. The van der Waals surface area contributed by atoms with Gasteiger partial charge in [0, 0.05) is 18.1 Å². The minimum Gasteiger partial charge on any atom is -0.398 e. The Balaban J connectivity index is 2.27. The summed E-state index contributed by atoms with van der Waals surface area (Å²) in [5, 5.41) is 9.56. The van der Waals surface area contributed by atoms with Gasteiger partial charge in [-0.3, -0.25) is 14.9 Å². The number of aryl methyl sites for hydroxylation is 2. The summed E-state index contributed by atoms with van der Waals surface area (Å²) in [5.74, 6) is -0.289. The highest BCUT2D eigenvalue weighted by atomic mass is 16.1. The normalized spacial score (nSPS) is 10.2. The fraction of sp³-hybridized carbons (Fsp3) is 0.182. The molecule has 1 amide bonds. The lowest BCUT2D eigenvalue weighted by Crippen LogP contribution is -2.15. The predicted octanol–water partition coefficient (Wildman–Crippen LogP) is 1.26. The van der Waals surface area contributed by atoms with Crippen molar-refractivity contribution >= 4 is 17.3 Å². The molecule has 2 rings (SSSR count). The van der Waals surface area contributed by atoms with Crippen molar-refractivity contribution < 1.29 is 4.79 Å². The maximum Gasteiger partial charge on any atom is 0.259 e. The van der Waals surface area contributed by atoms with Gasteiger partial charge in [0.1, 0.15) is 0 Å². The van der Waals surface area contributed by atoms with E-state index in [1.165, 1.54) is 6.20 Å². The minimum absolute atomic E-state index is 0.289. The van der Waals surface area contributed by atoms with E-state index in [1.807, 2.05) is 13.8 Å². The summed E-state index contributed by atoms with van der Waals surface area (Å²) in [4.78, 5) is 15.8. The lowest BCUT2D eigenvalue weighted by Gasteiger charge is -2.06. The number of H-pyrrole nitrogens is 1. The van der Waals surface area contributed by atoms with Crippen molar-refractivity contribution in [3.8, 4) is 0 Å². The Labute approximate surface area is 98.3 Å². The molecule has 2 aromatic rings. The number of carbonyl (C=O) groups is 1. The number of aromatic nitrogens is 3. The number of nitrogens with zero attached hydrogens (tertiary/aromatic N) is 2. The first-order chi connectivity index (χ1) is 8.09. The summed E-state index contributed by atoms with van der Waals surface area (Å²) >= 11 is 0. The summed E-state index contributed by atoms with van der Waals surface area (Å²) < 4.78 is 0. The van der Waals surface area contributed by atoms with Crippen molar-refractivity contribution in [2.45, 2.75) is 13.8 Å². The van der Waals surface area contributed by atoms with Crippen molar-refractivity contribution in [3.63, 3.8) is 0 Å². The molecule has 6 nitrogen and oxygen atoms in total. The summed E-state index contributed by atoms with van der Waals surface area (Å²) in [6.45, 7) is 3.65. The molecule has 0 aliphatic carbocycles. The van der Waals surface area contributed by atoms with Crippen LogP contribution in [-0.4, -0.2) is 21.1 Å². The number of aromatic amines is 1. The highest BCUT2D eigenvalue weighted by Gasteiger charge is 2.13. The SMILES string of the molecule is Cc1n[nH]c(C)c1NC(=O)c1cnccc1N. The molecule has 88 valence electrons. The number of hydrogen-bond acceptors (Lipinski definition) is 4. The molecule has 0 aromatic carbocycles. The molecule has 6 heteroatoms. The molecule has 0 saturated heterocycles. The first-order valence-electron chi connectivity index (χ1n) is 5.12. The van der Waals surface area contributed by atoms with Gasteiger partial charge in [-0.05, 0) is 19.9 Å². The summed E-state index contributed by atoms with van der Waals surface area (Å²) in [5.41, 5.74) is 8.67. The number of rotatable bonds is 2. The second-order valence-electron chi connectivity index (χ2n) is 3.73. The van der Waals surface area contributed by atoms with Gasteiger partial charge in [0.15, 0.2) is 0 Å². The second kappa shape index (κ2) is 4.25. The topological polar surface area (TPSA) is 96.7 Å². The number of nitrogens with one attached hydrogen (secondary N) is 2. The van der Waals surface area contributed by atoms with E-state index in [-0.39, 0.29) is 5.91 Å². The van der Waals surface area contributed by atoms with Crippen molar-refractivity contribution in [2.75, 3.05) is 11.1 Å². The van der Waals surface area contributed by atoms with E-state index in [9.17, 15) is 4.79 Å². The quantitative estimate of drug-likeness (QED) is 0.724. The monoisotopic (exact) mass is 231 g/mol. The van der Waals surface area contributed by atoms with Crippen LogP contribution in [0.4, 0.5) is 11.4 Å². The Morgan fingerprint density at radius 2 is 2.24 bits per heavy atom. The Hall–Kier alpha value is -2.37. The molecule has 0 radical (unpaired) electrons. The second-order valence-corrected chi connectivity index (χ2v) is 3.73. The molecule has 0 aliphatic rings. The molecule has 2 heterocycles. The van der Waals surface area contributed by atoms with Crippen molar-refractivity contribution in [1.29, 1.82) is 0 Å². The number of nitrogen functional groups attached to an aromatic ring is 1. The maximum absolute atomic E-state index is 12.0. The van der Waals surface area contributed by atoms with Crippen LogP contribution in [0.25, 0.3) is 0 Å². The van der Waals surface area contributed by atoms with Gasteiger partial charge in [0.25, 0.3) is 5.91 Å². The molecule has 0 spiro atoms. The molecule has 2 aromatic heterocycles. The number of nitrogens with two attached hydrogens (primary N) is 1. The molecule has 0 aliphatic heterocycles. The van der Waals surface area contributed by atoms with Crippen LogP contribution < -0.4 is 11.1 Å². The van der Waals surface area contributed by atoms with Crippen LogP contribution in [0.2, 0.25) is 0 Å². The lowest BCUT2D eigenvalue weighted by atomic mass is 10.2. The van der Waals surface area contributed by atoms with Gasteiger partial charge in [0.05, 0.1) is 22.6 Å². The van der Waals surface area contributed by atoms with Crippen molar-refractivity contribution in [3.05, 3.63) is 35.4 Å². The van der Waals surface area contributed by atoms with E-state index < -0.39 is 0 Å². The van der Waals surface area contributed by atoms with Gasteiger partial charge >= 0.3 is 0 Å². The van der Waals surface area contributed by atoms with Gasteiger partial charge < -0.3 is 11.1 Å². The van der Waals surface area contributed by atoms with Gasteiger partial charge in [-0.15, -0.1) is 0 Å². The zero-order chi connectivity index (χ0) is 12.4. The van der Waals surface area contributed by atoms with E-state index in [0.29, 0.717) is 16.9 Å². The molecular weight excluding hydrogens is 218 g/mol. The standard InChI is InChI=1S/C11H13N5O/c1-6-10(7(2)16-15-6)14-11(17)8-5-13-4-3-9(8)12/h3-5H,1-2H3,(H2,12,13)(H,14,17)(H,15,16). The first-order valence-corrected chi connectivity index (χ1v) is 5.12. The first kappa shape index (κ1) is 11.1. The Bertz CT molecular complexity index is 541. The summed E-state index contributed by atoms with van der Waals surface area (Å²) in [7, 11) is 0. The van der Waals surface area contributed by atoms with E-state index in [4.69, 9.17) is 5.73 Å². The van der Waals surface area contributed by atoms with Crippen LogP contribution in [0.15, 0.2) is 18.5 Å². The average Bonchev–Trinajstić information content (AvgIpc) is 2.61. The molecule has 17 heavy (non-hydrogen) atoms. The lowest BCUT2D eigenvalue weighted by molar-refractivity contribution is 0.102. The third-order valence-corrected chi connectivity index (χ3v) is 2.47. The number of carbonyl (C=O) groups excluding carboxylic acids is 1. The Kier molecular flexibility index (Phi) is 2.78. The van der Waals surface area contributed by atoms with Crippen molar-refractivity contribution in [1.82, 2.24) is 15.2 Å². The van der Waals surface area contributed by atoms with Crippen molar-refractivity contribution in [2.24, 2.45) is 0 Å². The van der Waals surface area contributed by atoms with Gasteiger partial charge in [-0.25, -0.2) is 0 Å². The van der Waals surface area contributed by atoms with Gasteiger partial charge in [-0.2, -0.15) is 5.10 Å². The smallest absolute Gasteiger partial charge is 0.259 e. The molecule has 0 unspecified atom stereocenters. The van der Waals surface area contributed by atoms with E-state index in [2.05, 4.69) is 20.5 Å². The van der Waals surface area contributed by atoms with Crippen LogP contribution in [0.3, 0.4) is 0 Å². The number of pyridine rings is 1. The Morgan fingerprint density at radius 3 is 2.82 bits per heavy atom. The number of hydrogen-bond donors (Lipinski definition) is 3. The maximum atomic E-state index is 12.0. The van der Waals surface area contributed by atoms with Gasteiger partial charge in [0.2, 0.25) is 0 Å². The van der Waals surface area contributed by atoms with E-state index in [1.54, 1.807) is 12.3 Å². The van der Waals surface area contributed by atoms with Gasteiger partial charge in [-0.1, -0.05) is 0 Å². The largest absolute Gasteiger partial charge is 0.398 e.